The molecule has 0 spiro atoms. The summed E-state index contributed by atoms with van der Waals surface area (Å²) in [5.41, 5.74) is 7.19. The number of nitrogens with two attached hydrogens (primary N) is 2. The Balaban J connectivity index is 2.19. The van der Waals surface area contributed by atoms with Crippen LogP contribution in [0.25, 0.3) is 0 Å². The van der Waals surface area contributed by atoms with Crippen molar-refractivity contribution in [1.82, 2.24) is 0 Å². The minimum Gasteiger partial charge on any atom is -0.399 e. The summed E-state index contributed by atoms with van der Waals surface area (Å²) in [4.78, 5) is 0.0510. The zero-order valence-corrected chi connectivity index (χ0v) is 12.8. The molecule has 112 valence electrons. The molecule has 0 bridgehead atoms. The number of hydrogen-bond acceptors (Lipinski definition) is 4. The minimum absolute atomic E-state index is 0.0510. The average Bonchev–Trinajstić information content (AvgIpc) is 2.25. The van der Waals surface area contributed by atoms with Crippen molar-refractivity contribution >= 4 is 21.4 Å². The molecule has 1 atom stereocenters. The molecule has 0 amide bonds. The SMILES string of the molecule is CC1(C)CCCC(Nc2cc(N)cc(S(N)(=O)=O)c2)C1. The molecule has 1 aromatic carbocycles. The minimum atomic E-state index is -3.73. The summed E-state index contributed by atoms with van der Waals surface area (Å²) in [7, 11) is -3.73. The fourth-order valence-corrected chi connectivity index (χ4v) is 3.52. The second-order valence-electron chi connectivity index (χ2n) is 6.44. The lowest BCUT2D eigenvalue weighted by Crippen LogP contribution is -2.31. The summed E-state index contributed by atoms with van der Waals surface area (Å²) in [6, 6.07) is 5.02. The Morgan fingerprint density at radius 3 is 2.60 bits per heavy atom. The van der Waals surface area contributed by atoms with Crippen LogP contribution in [0.4, 0.5) is 11.4 Å². The highest BCUT2D eigenvalue weighted by Gasteiger charge is 2.27. The van der Waals surface area contributed by atoms with E-state index in [-0.39, 0.29) is 4.90 Å². The van der Waals surface area contributed by atoms with Gasteiger partial charge in [0.2, 0.25) is 10.0 Å². The monoisotopic (exact) mass is 297 g/mol. The van der Waals surface area contributed by atoms with Gasteiger partial charge in [-0.15, -0.1) is 0 Å². The third-order valence-electron chi connectivity index (χ3n) is 3.83. The van der Waals surface area contributed by atoms with E-state index in [0.717, 1.165) is 18.5 Å². The van der Waals surface area contributed by atoms with Gasteiger partial charge in [0.25, 0.3) is 0 Å². The zero-order valence-electron chi connectivity index (χ0n) is 12.0. The summed E-state index contributed by atoms with van der Waals surface area (Å²) in [5, 5.41) is 8.55. The molecule has 2 rings (SSSR count). The van der Waals surface area contributed by atoms with Crippen LogP contribution < -0.4 is 16.2 Å². The largest absolute Gasteiger partial charge is 0.399 e. The van der Waals surface area contributed by atoms with Crippen molar-refractivity contribution in [1.29, 1.82) is 0 Å². The van der Waals surface area contributed by atoms with Crippen LogP contribution in [0.2, 0.25) is 0 Å². The molecular weight excluding hydrogens is 274 g/mol. The van der Waals surface area contributed by atoms with Crippen molar-refractivity contribution in [3.8, 4) is 0 Å². The maximum Gasteiger partial charge on any atom is 0.238 e. The highest BCUT2D eigenvalue weighted by atomic mass is 32.2. The Hall–Kier alpha value is -1.27. The molecule has 5 N–H and O–H groups in total. The standard InChI is InChI=1S/C14H23N3O2S/c1-14(2)5-3-4-11(9-14)17-12-6-10(15)7-13(8-12)20(16,18)19/h6-8,11,17H,3-5,9,15H2,1-2H3,(H2,16,18,19). The maximum atomic E-state index is 11.4. The fourth-order valence-electron chi connectivity index (χ4n) is 2.93. The van der Waals surface area contributed by atoms with Gasteiger partial charge in [0.15, 0.2) is 0 Å². The van der Waals surface area contributed by atoms with Crippen molar-refractivity contribution in [2.45, 2.75) is 50.5 Å². The lowest BCUT2D eigenvalue weighted by molar-refractivity contribution is 0.229. The Labute approximate surface area is 120 Å². The van der Waals surface area contributed by atoms with E-state index in [4.69, 9.17) is 10.9 Å². The molecule has 1 aliphatic carbocycles. The Morgan fingerprint density at radius 1 is 1.30 bits per heavy atom. The summed E-state index contributed by atoms with van der Waals surface area (Å²) in [6.45, 7) is 4.52. The molecule has 1 unspecified atom stereocenters. The molecule has 1 fully saturated rings. The van der Waals surface area contributed by atoms with Gasteiger partial charge in [-0.1, -0.05) is 20.3 Å². The molecule has 1 aromatic rings. The molecule has 5 nitrogen and oxygen atoms in total. The molecule has 0 aromatic heterocycles. The van der Waals surface area contributed by atoms with Crippen molar-refractivity contribution < 1.29 is 8.42 Å². The zero-order chi connectivity index (χ0) is 15.0. The van der Waals surface area contributed by atoms with Gasteiger partial charge in [-0.25, -0.2) is 13.6 Å². The lowest BCUT2D eigenvalue weighted by atomic mass is 9.75. The molecule has 20 heavy (non-hydrogen) atoms. The second kappa shape index (κ2) is 5.26. The van der Waals surface area contributed by atoms with E-state index in [1.54, 1.807) is 12.1 Å². The summed E-state index contributed by atoms with van der Waals surface area (Å²) in [6.07, 6.45) is 4.55. The van der Waals surface area contributed by atoms with Crippen molar-refractivity contribution in [3.63, 3.8) is 0 Å². The third kappa shape index (κ3) is 3.86. The topological polar surface area (TPSA) is 98.2 Å². The maximum absolute atomic E-state index is 11.4. The molecule has 1 aliphatic rings. The van der Waals surface area contributed by atoms with E-state index in [0.29, 0.717) is 17.1 Å². The first kappa shape index (κ1) is 15.1. The number of nitrogen functional groups attached to an aromatic ring is 1. The number of hydrogen-bond donors (Lipinski definition) is 3. The number of anilines is 2. The quantitative estimate of drug-likeness (QED) is 0.745. The summed E-state index contributed by atoms with van der Waals surface area (Å²) in [5.74, 6) is 0. The molecular formula is C14H23N3O2S. The highest BCUT2D eigenvalue weighted by Crippen LogP contribution is 2.36. The normalized spacial score (nSPS) is 22.4. The number of rotatable bonds is 3. The second-order valence-corrected chi connectivity index (χ2v) is 8.00. The predicted octanol–water partition coefficient (Wildman–Crippen LogP) is 2.30. The van der Waals surface area contributed by atoms with Crippen LogP contribution in [0.3, 0.4) is 0 Å². The van der Waals surface area contributed by atoms with Gasteiger partial charge >= 0.3 is 0 Å². The fraction of sp³-hybridized carbons (Fsp3) is 0.571. The van der Waals surface area contributed by atoms with E-state index in [1.165, 1.54) is 18.9 Å². The number of sulfonamides is 1. The molecule has 0 heterocycles. The number of benzene rings is 1. The van der Waals surface area contributed by atoms with E-state index in [1.807, 2.05) is 0 Å². The van der Waals surface area contributed by atoms with Gasteiger partial charge < -0.3 is 11.1 Å². The average molecular weight is 297 g/mol. The first-order valence-electron chi connectivity index (χ1n) is 6.86. The highest BCUT2D eigenvalue weighted by molar-refractivity contribution is 7.89. The van der Waals surface area contributed by atoms with Crippen LogP contribution in [-0.2, 0) is 10.0 Å². The van der Waals surface area contributed by atoms with Crippen LogP contribution in [0, 0.1) is 5.41 Å². The van der Waals surface area contributed by atoms with E-state index in [9.17, 15) is 8.42 Å². The summed E-state index contributed by atoms with van der Waals surface area (Å²) >= 11 is 0. The van der Waals surface area contributed by atoms with Gasteiger partial charge in [0, 0.05) is 17.4 Å². The van der Waals surface area contributed by atoms with Crippen LogP contribution in [0.1, 0.15) is 39.5 Å². The summed E-state index contributed by atoms with van der Waals surface area (Å²) < 4.78 is 22.9. The number of nitrogens with one attached hydrogen (secondary N) is 1. The van der Waals surface area contributed by atoms with Gasteiger partial charge in [-0.2, -0.15) is 0 Å². The first-order valence-corrected chi connectivity index (χ1v) is 8.40. The van der Waals surface area contributed by atoms with Gasteiger partial charge in [-0.05, 0) is 42.9 Å². The van der Waals surface area contributed by atoms with E-state index >= 15 is 0 Å². The van der Waals surface area contributed by atoms with Gasteiger partial charge in [0.05, 0.1) is 4.90 Å². The van der Waals surface area contributed by atoms with Crippen molar-refractivity contribution in [2.24, 2.45) is 10.6 Å². The Morgan fingerprint density at radius 2 is 2.00 bits per heavy atom. The van der Waals surface area contributed by atoms with Gasteiger partial charge in [0.1, 0.15) is 0 Å². The van der Waals surface area contributed by atoms with E-state index in [2.05, 4.69) is 19.2 Å². The molecule has 0 aliphatic heterocycles. The molecule has 6 heteroatoms. The Bertz CT molecular complexity index is 596. The van der Waals surface area contributed by atoms with Crippen LogP contribution in [0.5, 0.6) is 0 Å². The lowest BCUT2D eigenvalue weighted by Gasteiger charge is -2.36. The van der Waals surface area contributed by atoms with Crippen LogP contribution >= 0.6 is 0 Å². The third-order valence-corrected chi connectivity index (χ3v) is 4.73. The smallest absolute Gasteiger partial charge is 0.238 e. The number of primary sulfonamides is 1. The van der Waals surface area contributed by atoms with Crippen LogP contribution in [-0.4, -0.2) is 14.5 Å². The molecule has 0 radical (unpaired) electrons. The van der Waals surface area contributed by atoms with Crippen molar-refractivity contribution in [2.75, 3.05) is 11.1 Å². The first-order chi connectivity index (χ1) is 9.16. The predicted molar refractivity (Wildman–Crippen MR) is 81.9 cm³/mol. The van der Waals surface area contributed by atoms with Crippen molar-refractivity contribution in [3.05, 3.63) is 18.2 Å². The van der Waals surface area contributed by atoms with Gasteiger partial charge in [-0.3, -0.25) is 0 Å². The van der Waals surface area contributed by atoms with Crippen LogP contribution in [0.15, 0.2) is 23.1 Å². The Kier molecular flexibility index (Phi) is 3.97. The molecule has 1 saturated carbocycles. The van der Waals surface area contributed by atoms with E-state index < -0.39 is 10.0 Å². The molecule has 0 saturated heterocycles.